The number of carbonyl (C=O) groups is 2. The summed E-state index contributed by atoms with van der Waals surface area (Å²) in [6.07, 6.45) is 6.24. The van der Waals surface area contributed by atoms with Crippen LogP contribution >= 0.6 is 0 Å². The zero-order valence-electron chi connectivity index (χ0n) is 12.8. The number of hydrogen-bond donors (Lipinski definition) is 2. The lowest BCUT2D eigenvalue weighted by molar-refractivity contribution is -0.149. The van der Waals surface area contributed by atoms with E-state index in [-0.39, 0.29) is 11.9 Å². The largest absolute Gasteiger partial charge is 0.481 e. The van der Waals surface area contributed by atoms with Crippen LogP contribution in [0.25, 0.3) is 0 Å². The molecular formula is C15H22N4O3. The maximum atomic E-state index is 12.2. The van der Waals surface area contributed by atoms with Gasteiger partial charge in [-0.05, 0) is 31.2 Å². The Balaban J connectivity index is 1.52. The summed E-state index contributed by atoms with van der Waals surface area (Å²) in [6, 6.07) is -0.168. The van der Waals surface area contributed by atoms with E-state index in [0.29, 0.717) is 32.6 Å². The number of nitrogens with one attached hydrogen (secondary N) is 1. The fourth-order valence-corrected chi connectivity index (χ4v) is 3.77. The number of hydrogen-bond acceptors (Lipinski definition) is 3. The van der Waals surface area contributed by atoms with E-state index >= 15 is 0 Å². The summed E-state index contributed by atoms with van der Waals surface area (Å²) in [5, 5.41) is 16.6. The molecule has 1 saturated carbocycles. The van der Waals surface area contributed by atoms with Crippen LogP contribution in [0.2, 0.25) is 0 Å². The van der Waals surface area contributed by atoms with E-state index in [2.05, 4.69) is 10.4 Å². The number of carboxylic acids is 1. The van der Waals surface area contributed by atoms with Crippen molar-refractivity contribution in [1.29, 1.82) is 0 Å². The van der Waals surface area contributed by atoms with Gasteiger partial charge in [-0.1, -0.05) is 6.42 Å². The highest BCUT2D eigenvalue weighted by Gasteiger charge is 2.55. The molecule has 1 aliphatic carbocycles. The Morgan fingerprint density at radius 2 is 2.36 bits per heavy atom. The summed E-state index contributed by atoms with van der Waals surface area (Å²) in [6.45, 7) is 3.96. The van der Waals surface area contributed by atoms with E-state index < -0.39 is 11.4 Å². The van der Waals surface area contributed by atoms with Crippen LogP contribution in [0.15, 0.2) is 12.4 Å². The van der Waals surface area contributed by atoms with E-state index in [9.17, 15) is 14.7 Å². The van der Waals surface area contributed by atoms with Gasteiger partial charge >= 0.3 is 12.0 Å². The molecule has 0 spiro atoms. The number of carbonyl (C=O) groups excluding carboxylic acids is 1. The van der Waals surface area contributed by atoms with Gasteiger partial charge in [0.2, 0.25) is 0 Å². The molecule has 0 unspecified atom stereocenters. The molecule has 1 aliphatic heterocycles. The molecule has 7 heteroatoms. The summed E-state index contributed by atoms with van der Waals surface area (Å²) in [7, 11) is 0. The number of aliphatic carboxylic acids is 1. The zero-order valence-corrected chi connectivity index (χ0v) is 12.8. The van der Waals surface area contributed by atoms with Crippen molar-refractivity contribution in [3.05, 3.63) is 18.0 Å². The minimum Gasteiger partial charge on any atom is -0.481 e. The van der Waals surface area contributed by atoms with Gasteiger partial charge in [0.15, 0.2) is 0 Å². The van der Waals surface area contributed by atoms with Crippen molar-refractivity contribution in [3.8, 4) is 0 Å². The highest BCUT2D eigenvalue weighted by atomic mass is 16.4. The van der Waals surface area contributed by atoms with Crippen molar-refractivity contribution < 1.29 is 14.7 Å². The lowest BCUT2D eigenvalue weighted by Gasteiger charge is -2.23. The van der Waals surface area contributed by atoms with Gasteiger partial charge in [-0.2, -0.15) is 5.10 Å². The molecule has 2 aliphatic rings. The van der Waals surface area contributed by atoms with Crippen LogP contribution in [-0.2, 0) is 11.3 Å². The SMILES string of the molecule is Cc1cnn(CCNC(=O)N2C[C@@H]3CCC[C@@]3(C(=O)O)C2)c1. The minimum atomic E-state index is -0.752. The van der Waals surface area contributed by atoms with Crippen molar-refractivity contribution in [2.24, 2.45) is 11.3 Å². The van der Waals surface area contributed by atoms with Crippen LogP contribution in [0.1, 0.15) is 24.8 Å². The quantitative estimate of drug-likeness (QED) is 0.871. The second kappa shape index (κ2) is 5.62. The number of aromatic nitrogens is 2. The van der Waals surface area contributed by atoms with Crippen molar-refractivity contribution >= 4 is 12.0 Å². The highest BCUT2D eigenvalue weighted by Crippen LogP contribution is 2.48. The monoisotopic (exact) mass is 306 g/mol. The topological polar surface area (TPSA) is 87.5 Å². The summed E-state index contributed by atoms with van der Waals surface area (Å²) in [4.78, 5) is 25.5. The first-order valence-corrected chi connectivity index (χ1v) is 7.76. The number of rotatable bonds is 4. The van der Waals surface area contributed by atoms with Gasteiger partial charge in [0, 0.05) is 25.8 Å². The zero-order chi connectivity index (χ0) is 15.7. The Morgan fingerprint density at radius 1 is 1.55 bits per heavy atom. The third-order valence-corrected chi connectivity index (χ3v) is 4.96. The number of aryl methyl sites for hydroxylation is 1. The Kier molecular flexibility index (Phi) is 3.80. The molecule has 2 amide bonds. The molecule has 0 bridgehead atoms. The van der Waals surface area contributed by atoms with Gasteiger partial charge in [0.25, 0.3) is 0 Å². The molecule has 2 heterocycles. The first kappa shape index (κ1) is 14.9. The van der Waals surface area contributed by atoms with E-state index in [4.69, 9.17) is 0 Å². The molecule has 0 aromatic carbocycles. The van der Waals surface area contributed by atoms with Crippen molar-refractivity contribution in [2.45, 2.75) is 32.7 Å². The molecule has 1 aromatic heterocycles. The highest BCUT2D eigenvalue weighted by molar-refractivity contribution is 5.80. The number of carboxylic acid groups (broad SMARTS) is 1. The summed E-state index contributed by atoms with van der Waals surface area (Å²) < 4.78 is 1.78. The molecule has 120 valence electrons. The lowest BCUT2D eigenvalue weighted by atomic mass is 9.81. The van der Waals surface area contributed by atoms with E-state index in [1.807, 2.05) is 13.1 Å². The first-order chi connectivity index (χ1) is 10.5. The van der Waals surface area contributed by atoms with Gasteiger partial charge in [-0.15, -0.1) is 0 Å². The van der Waals surface area contributed by atoms with Crippen LogP contribution in [0.5, 0.6) is 0 Å². The van der Waals surface area contributed by atoms with Crippen LogP contribution in [0, 0.1) is 18.3 Å². The number of fused-ring (bicyclic) bond motifs is 1. The first-order valence-electron chi connectivity index (χ1n) is 7.76. The summed E-state index contributed by atoms with van der Waals surface area (Å²) in [5.41, 5.74) is 0.373. The fraction of sp³-hybridized carbons (Fsp3) is 0.667. The Labute approximate surface area is 129 Å². The standard InChI is InChI=1S/C15H22N4O3/c1-11-7-17-19(8-11)6-5-16-14(22)18-9-12-3-2-4-15(12,10-18)13(20)21/h7-8,12H,2-6,9-10H2,1H3,(H,16,22)(H,20,21)/t12-,15+/m0/s1. The average molecular weight is 306 g/mol. The van der Waals surface area contributed by atoms with Gasteiger partial charge in [0.1, 0.15) is 0 Å². The van der Waals surface area contributed by atoms with Gasteiger partial charge in [0.05, 0.1) is 18.2 Å². The molecule has 2 fully saturated rings. The van der Waals surface area contributed by atoms with Crippen LogP contribution < -0.4 is 5.32 Å². The molecule has 1 saturated heterocycles. The molecule has 2 N–H and O–H groups in total. The molecule has 7 nitrogen and oxygen atoms in total. The number of likely N-dealkylation sites (tertiary alicyclic amines) is 1. The molecule has 1 aromatic rings. The summed E-state index contributed by atoms with van der Waals surface area (Å²) in [5.74, 6) is -0.651. The van der Waals surface area contributed by atoms with Gasteiger partial charge in [-0.25, -0.2) is 4.79 Å². The second-order valence-corrected chi connectivity index (χ2v) is 6.44. The van der Waals surface area contributed by atoms with Crippen LogP contribution in [0.4, 0.5) is 4.79 Å². The molecule has 0 radical (unpaired) electrons. The number of nitrogens with zero attached hydrogens (tertiary/aromatic N) is 3. The normalized spacial score (nSPS) is 27.0. The smallest absolute Gasteiger partial charge is 0.317 e. The predicted molar refractivity (Wildman–Crippen MR) is 79.3 cm³/mol. The van der Waals surface area contributed by atoms with Gasteiger partial charge in [-0.3, -0.25) is 9.48 Å². The molecule has 3 rings (SSSR count). The lowest BCUT2D eigenvalue weighted by Crippen LogP contribution is -2.42. The number of amides is 2. The van der Waals surface area contributed by atoms with Gasteiger partial charge < -0.3 is 15.3 Å². The van der Waals surface area contributed by atoms with E-state index in [1.165, 1.54) is 0 Å². The van der Waals surface area contributed by atoms with Crippen molar-refractivity contribution in [1.82, 2.24) is 20.0 Å². The minimum absolute atomic E-state index is 0.101. The van der Waals surface area contributed by atoms with E-state index in [0.717, 1.165) is 18.4 Å². The Hall–Kier alpha value is -2.05. The average Bonchev–Trinajstić information content (AvgIpc) is 3.12. The maximum absolute atomic E-state index is 12.2. The Bertz CT molecular complexity index is 585. The van der Waals surface area contributed by atoms with Crippen molar-refractivity contribution in [3.63, 3.8) is 0 Å². The number of urea groups is 1. The molecule has 2 atom stereocenters. The third kappa shape index (κ3) is 2.55. The maximum Gasteiger partial charge on any atom is 0.317 e. The van der Waals surface area contributed by atoms with Crippen LogP contribution in [0.3, 0.4) is 0 Å². The fourth-order valence-electron chi connectivity index (χ4n) is 3.77. The van der Waals surface area contributed by atoms with E-state index in [1.54, 1.807) is 15.8 Å². The molecule has 22 heavy (non-hydrogen) atoms. The van der Waals surface area contributed by atoms with Crippen molar-refractivity contribution in [2.75, 3.05) is 19.6 Å². The second-order valence-electron chi connectivity index (χ2n) is 6.44. The predicted octanol–water partition coefficient (Wildman–Crippen LogP) is 1.09. The molecular weight excluding hydrogens is 284 g/mol. The summed E-state index contributed by atoms with van der Waals surface area (Å²) >= 11 is 0. The van der Waals surface area contributed by atoms with Crippen LogP contribution in [-0.4, -0.2) is 51.4 Å². The third-order valence-electron chi connectivity index (χ3n) is 4.96. The Morgan fingerprint density at radius 3 is 3.00 bits per heavy atom.